The van der Waals surface area contributed by atoms with Crippen LogP contribution in [0.5, 0.6) is 0 Å². The second-order valence-corrected chi connectivity index (χ2v) is 7.10. The van der Waals surface area contributed by atoms with E-state index in [1.807, 2.05) is 0 Å². The topological polar surface area (TPSA) is 84.1 Å². The summed E-state index contributed by atoms with van der Waals surface area (Å²) in [6.45, 7) is -0.824. The Labute approximate surface area is 139 Å². The van der Waals surface area contributed by atoms with Crippen molar-refractivity contribution < 1.29 is 27.8 Å². The van der Waals surface area contributed by atoms with Crippen LogP contribution in [0.25, 0.3) is 0 Å². The fourth-order valence-electron chi connectivity index (χ4n) is 4.17. The first-order valence-corrected chi connectivity index (χ1v) is 7.60. The van der Waals surface area contributed by atoms with E-state index in [4.69, 9.17) is 0 Å². The first kappa shape index (κ1) is 16.4. The molecule has 1 heterocycles. The van der Waals surface area contributed by atoms with Crippen molar-refractivity contribution >= 4 is 0 Å². The molecule has 2 bridgehead atoms. The average molecular weight is 358 g/mol. The molecule has 1 atom stereocenters. The summed E-state index contributed by atoms with van der Waals surface area (Å²) in [5.74, 6) is -6.04. The zero-order chi connectivity index (χ0) is 18.1. The number of tetrazole rings is 1. The van der Waals surface area contributed by atoms with Crippen LogP contribution in [0.1, 0.15) is 24.8 Å². The van der Waals surface area contributed by atoms with Gasteiger partial charge in [0.15, 0.2) is 5.60 Å². The highest BCUT2D eigenvalue weighted by molar-refractivity contribution is 5.34. The summed E-state index contributed by atoms with van der Waals surface area (Å²) in [7, 11) is 0. The van der Waals surface area contributed by atoms with Gasteiger partial charge in [-0.05, 0) is 41.8 Å². The molecule has 134 valence electrons. The minimum Gasteiger partial charge on any atom is -0.390 e. The van der Waals surface area contributed by atoms with Gasteiger partial charge in [0, 0.05) is 17.0 Å². The van der Waals surface area contributed by atoms with E-state index in [1.165, 1.54) is 0 Å². The standard InChI is InChI=1S/C15H14F4N4O2/c16-9-1-2-10(11(17)3-9)14(25,7-23-8-20-21-22-23)15(18,19)12-4-13(24,5-12)6-12/h1-3,8,24-25H,4-7H2/t12?,13?,14-/m1/s1. The highest BCUT2D eigenvalue weighted by Crippen LogP contribution is 2.75. The van der Waals surface area contributed by atoms with E-state index < -0.39 is 46.3 Å². The number of rotatable bonds is 5. The van der Waals surface area contributed by atoms with Gasteiger partial charge in [0.1, 0.15) is 18.0 Å². The number of aliphatic hydroxyl groups is 2. The summed E-state index contributed by atoms with van der Waals surface area (Å²) in [5.41, 5.74) is -6.53. The number of halogens is 4. The van der Waals surface area contributed by atoms with Gasteiger partial charge in [-0.2, -0.15) is 0 Å². The van der Waals surface area contributed by atoms with E-state index in [0.29, 0.717) is 6.07 Å². The Hall–Kier alpha value is -2.07. The van der Waals surface area contributed by atoms with Crippen LogP contribution in [0.2, 0.25) is 0 Å². The third kappa shape index (κ3) is 2.07. The number of nitrogens with zero attached hydrogens (tertiary/aromatic N) is 4. The summed E-state index contributed by atoms with van der Waals surface area (Å²) < 4.78 is 59.0. The molecule has 0 radical (unpaired) electrons. The molecule has 3 fully saturated rings. The van der Waals surface area contributed by atoms with Gasteiger partial charge in [0.25, 0.3) is 5.92 Å². The average Bonchev–Trinajstić information content (AvgIpc) is 2.95. The lowest BCUT2D eigenvalue weighted by molar-refractivity contribution is -0.386. The van der Waals surface area contributed by atoms with E-state index in [2.05, 4.69) is 15.5 Å². The maximum absolute atomic E-state index is 15.4. The molecule has 1 aromatic carbocycles. The molecule has 3 aliphatic carbocycles. The van der Waals surface area contributed by atoms with E-state index in [-0.39, 0.29) is 19.3 Å². The fourth-order valence-corrected chi connectivity index (χ4v) is 4.17. The zero-order valence-corrected chi connectivity index (χ0v) is 12.8. The number of hydrogen-bond donors (Lipinski definition) is 2. The van der Waals surface area contributed by atoms with Gasteiger partial charge < -0.3 is 10.2 Å². The molecule has 2 N–H and O–H groups in total. The van der Waals surface area contributed by atoms with Gasteiger partial charge in [-0.3, -0.25) is 0 Å². The lowest BCUT2D eigenvalue weighted by Gasteiger charge is -2.71. The Bertz CT molecular complexity index is 809. The molecule has 0 unspecified atom stereocenters. The second kappa shape index (κ2) is 4.76. The monoisotopic (exact) mass is 358 g/mol. The molecule has 10 heteroatoms. The number of benzene rings is 1. The van der Waals surface area contributed by atoms with Crippen LogP contribution < -0.4 is 0 Å². The van der Waals surface area contributed by atoms with Gasteiger partial charge in [-0.1, -0.05) is 0 Å². The molecule has 3 saturated carbocycles. The zero-order valence-electron chi connectivity index (χ0n) is 12.8. The summed E-state index contributed by atoms with van der Waals surface area (Å²) in [4.78, 5) is 0. The van der Waals surface area contributed by atoms with Gasteiger partial charge in [-0.25, -0.2) is 22.2 Å². The van der Waals surface area contributed by atoms with Crippen LogP contribution in [0.15, 0.2) is 24.5 Å². The molecular formula is C15H14F4N4O2. The van der Waals surface area contributed by atoms with Crippen LogP contribution in [-0.4, -0.2) is 41.9 Å². The molecule has 0 saturated heterocycles. The summed E-state index contributed by atoms with van der Waals surface area (Å²) in [5, 5.41) is 30.9. The van der Waals surface area contributed by atoms with Crippen molar-refractivity contribution in [1.29, 1.82) is 0 Å². The van der Waals surface area contributed by atoms with E-state index >= 15 is 8.78 Å². The maximum Gasteiger partial charge on any atom is 0.288 e. The third-order valence-corrected chi connectivity index (χ3v) is 5.35. The van der Waals surface area contributed by atoms with Crippen molar-refractivity contribution in [2.24, 2.45) is 5.41 Å². The van der Waals surface area contributed by atoms with Crippen molar-refractivity contribution in [3.05, 3.63) is 41.7 Å². The predicted octanol–water partition coefficient (Wildman–Crippen LogP) is 1.39. The smallest absolute Gasteiger partial charge is 0.288 e. The second-order valence-electron chi connectivity index (χ2n) is 7.10. The largest absolute Gasteiger partial charge is 0.390 e. The third-order valence-electron chi connectivity index (χ3n) is 5.35. The lowest BCUT2D eigenvalue weighted by atomic mass is 9.37. The van der Waals surface area contributed by atoms with Crippen molar-refractivity contribution in [2.75, 3.05) is 0 Å². The number of aromatic nitrogens is 4. The summed E-state index contributed by atoms with van der Waals surface area (Å²) in [6.07, 6.45) is 0.452. The molecule has 0 aliphatic heterocycles. The summed E-state index contributed by atoms with van der Waals surface area (Å²) >= 11 is 0. The Morgan fingerprint density at radius 3 is 2.40 bits per heavy atom. The van der Waals surface area contributed by atoms with Gasteiger partial charge in [-0.15, -0.1) is 5.10 Å². The predicted molar refractivity (Wildman–Crippen MR) is 74.3 cm³/mol. The van der Waals surface area contributed by atoms with Crippen molar-refractivity contribution in [3.8, 4) is 0 Å². The Kier molecular flexibility index (Phi) is 3.12. The first-order valence-electron chi connectivity index (χ1n) is 7.60. The van der Waals surface area contributed by atoms with Crippen LogP contribution >= 0.6 is 0 Å². The van der Waals surface area contributed by atoms with Crippen LogP contribution in [-0.2, 0) is 12.1 Å². The van der Waals surface area contributed by atoms with Crippen molar-refractivity contribution in [1.82, 2.24) is 20.2 Å². The van der Waals surface area contributed by atoms with E-state index in [0.717, 1.165) is 23.1 Å². The highest BCUT2D eigenvalue weighted by atomic mass is 19.3. The highest BCUT2D eigenvalue weighted by Gasteiger charge is 2.82. The van der Waals surface area contributed by atoms with Gasteiger partial charge in [0.05, 0.1) is 12.1 Å². The Balaban J connectivity index is 1.81. The maximum atomic E-state index is 15.4. The summed E-state index contributed by atoms with van der Waals surface area (Å²) in [6, 6.07) is 2.03. The lowest BCUT2D eigenvalue weighted by Crippen LogP contribution is -2.77. The van der Waals surface area contributed by atoms with Crippen LogP contribution in [0.4, 0.5) is 17.6 Å². The van der Waals surface area contributed by atoms with Crippen molar-refractivity contribution in [3.63, 3.8) is 0 Å². The van der Waals surface area contributed by atoms with E-state index in [1.54, 1.807) is 0 Å². The molecule has 0 amide bonds. The van der Waals surface area contributed by atoms with Gasteiger partial charge >= 0.3 is 0 Å². The minimum absolute atomic E-state index is 0.187. The van der Waals surface area contributed by atoms with Gasteiger partial charge in [0.2, 0.25) is 0 Å². The molecule has 25 heavy (non-hydrogen) atoms. The normalized spacial score (nSPS) is 30.3. The Morgan fingerprint density at radius 2 is 1.88 bits per heavy atom. The minimum atomic E-state index is -3.80. The fraction of sp³-hybridized carbons (Fsp3) is 0.533. The molecule has 2 aromatic rings. The molecule has 0 spiro atoms. The van der Waals surface area contributed by atoms with E-state index in [9.17, 15) is 19.0 Å². The van der Waals surface area contributed by atoms with Crippen LogP contribution in [0, 0.1) is 17.0 Å². The number of alkyl halides is 2. The van der Waals surface area contributed by atoms with Crippen LogP contribution in [0.3, 0.4) is 0 Å². The molecule has 3 aliphatic rings. The molecule has 5 rings (SSSR count). The number of hydrogen-bond acceptors (Lipinski definition) is 5. The molecule has 6 nitrogen and oxygen atoms in total. The SMILES string of the molecule is OC12CC(C(F)(F)[C@@](O)(Cn3cnnn3)c3ccc(F)cc3F)(C1)C2. The molecular weight excluding hydrogens is 344 g/mol. The quantitative estimate of drug-likeness (QED) is 0.789. The Morgan fingerprint density at radius 1 is 1.20 bits per heavy atom. The molecule has 1 aromatic heterocycles. The first-order chi connectivity index (χ1) is 11.6. The van der Waals surface area contributed by atoms with Crippen molar-refractivity contribution in [2.45, 2.75) is 42.9 Å².